The molecule has 1 aliphatic heterocycles. The lowest BCUT2D eigenvalue weighted by atomic mass is 9.98. The Hall–Kier alpha value is -1.78. The molecule has 1 aliphatic rings. The third kappa shape index (κ3) is 4.39. The average molecular weight is 413 g/mol. The first-order chi connectivity index (χ1) is 12.8. The van der Waals surface area contributed by atoms with Crippen LogP contribution in [0.25, 0.3) is 0 Å². The lowest BCUT2D eigenvalue weighted by molar-refractivity contribution is -0.136. The molecule has 1 amide bonds. The van der Waals surface area contributed by atoms with E-state index in [9.17, 15) is 13.2 Å². The maximum absolute atomic E-state index is 12.8. The summed E-state index contributed by atoms with van der Waals surface area (Å²) in [6, 6.07) is 3.43. The quantitative estimate of drug-likeness (QED) is 0.720. The van der Waals surface area contributed by atoms with Crippen LogP contribution >= 0.6 is 11.3 Å². The topological polar surface area (TPSA) is 96.6 Å². The second-order valence-corrected chi connectivity index (χ2v) is 10.2. The van der Waals surface area contributed by atoms with Crippen molar-refractivity contribution in [3.05, 3.63) is 28.7 Å². The van der Waals surface area contributed by atoms with Crippen LogP contribution < -0.4 is 0 Å². The van der Waals surface area contributed by atoms with E-state index < -0.39 is 10.0 Å². The summed E-state index contributed by atoms with van der Waals surface area (Å²) in [6.45, 7) is 4.67. The molecule has 1 unspecified atom stereocenters. The highest BCUT2D eigenvalue weighted by molar-refractivity contribution is 7.91. The second-order valence-electron chi connectivity index (χ2n) is 6.72. The molecule has 0 N–H and O–H groups in total. The van der Waals surface area contributed by atoms with Crippen molar-refractivity contribution >= 4 is 27.3 Å². The van der Waals surface area contributed by atoms with Gasteiger partial charge in [-0.2, -0.15) is 9.29 Å². The number of sulfonamides is 1. The molecule has 27 heavy (non-hydrogen) atoms. The minimum absolute atomic E-state index is 0.103. The average Bonchev–Trinajstić information content (AvgIpc) is 3.30. The number of rotatable bonds is 6. The van der Waals surface area contributed by atoms with Gasteiger partial charge in [0.2, 0.25) is 11.8 Å². The van der Waals surface area contributed by atoms with Crippen LogP contribution in [0.5, 0.6) is 0 Å². The maximum atomic E-state index is 12.8. The summed E-state index contributed by atoms with van der Waals surface area (Å²) < 4.78 is 32.6. The molecule has 1 saturated heterocycles. The summed E-state index contributed by atoms with van der Waals surface area (Å²) in [4.78, 5) is 19.5. The van der Waals surface area contributed by atoms with Crippen LogP contribution in [0, 0.1) is 12.8 Å². The van der Waals surface area contributed by atoms with Gasteiger partial charge < -0.3 is 9.42 Å². The molecular formula is C17H24N4O4S2. The SMILES string of the molecule is CCc1noc(CN(C)C(=O)C2CCCN(S(=O)(=O)c3ccc(C)s3)C2)n1. The normalized spacial score (nSPS) is 18.6. The smallest absolute Gasteiger partial charge is 0.252 e. The highest BCUT2D eigenvalue weighted by atomic mass is 32.2. The number of amides is 1. The van der Waals surface area contributed by atoms with Gasteiger partial charge in [0.25, 0.3) is 10.0 Å². The molecular weight excluding hydrogens is 388 g/mol. The van der Waals surface area contributed by atoms with Crippen LogP contribution in [0.4, 0.5) is 0 Å². The van der Waals surface area contributed by atoms with Crippen LogP contribution in [-0.4, -0.2) is 53.8 Å². The van der Waals surface area contributed by atoms with Crippen LogP contribution in [-0.2, 0) is 27.8 Å². The maximum Gasteiger partial charge on any atom is 0.252 e. The van der Waals surface area contributed by atoms with E-state index in [0.717, 1.165) is 4.88 Å². The Balaban J connectivity index is 1.67. The lowest BCUT2D eigenvalue weighted by Gasteiger charge is -2.32. The number of hydrogen-bond acceptors (Lipinski definition) is 7. The van der Waals surface area contributed by atoms with Gasteiger partial charge in [-0.1, -0.05) is 12.1 Å². The minimum Gasteiger partial charge on any atom is -0.337 e. The van der Waals surface area contributed by atoms with E-state index in [2.05, 4.69) is 10.1 Å². The predicted molar refractivity (Wildman–Crippen MR) is 101 cm³/mol. The molecule has 0 saturated carbocycles. The Morgan fingerprint density at radius 2 is 2.22 bits per heavy atom. The first-order valence-electron chi connectivity index (χ1n) is 8.94. The third-order valence-corrected chi connectivity index (χ3v) is 7.95. The van der Waals surface area contributed by atoms with Gasteiger partial charge in [0.1, 0.15) is 4.21 Å². The minimum atomic E-state index is -3.55. The van der Waals surface area contributed by atoms with E-state index in [4.69, 9.17) is 4.52 Å². The molecule has 0 bridgehead atoms. The number of carbonyl (C=O) groups excluding carboxylic acids is 1. The van der Waals surface area contributed by atoms with Crippen molar-refractivity contribution in [1.29, 1.82) is 0 Å². The lowest BCUT2D eigenvalue weighted by Crippen LogP contribution is -2.45. The van der Waals surface area contributed by atoms with Gasteiger partial charge in [-0.25, -0.2) is 8.42 Å². The second kappa shape index (κ2) is 8.07. The highest BCUT2D eigenvalue weighted by Gasteiger charge is 2.35. The van der Waals surface area contributed by atoms with Gasteiger partial charge in [-0.3, -0.25) is 4.79 Å². The van der Waals surface area contributed by atoms with Crippen molar-refractivity contribution in [2.45, 2.75) is 43.9 Å². The molecule has 3 rings (SSSR count). The van der Waals surface area contributed by atoms with Crippen LogP contribution in [0.15, 0.2) is 20.9 Å². The van der Waals surface area contributed by atoms with Crippen LogP contribution in [0.3, 0.4) is 0 Å². The highest BCUT2D eigenvalue weighted by Crippen LogP contribution is 2.28. The summed E-state index contributed by atoms with van der Waals surface area (Å²) in [5, 5.41) is 3.83. The molecule has 1 fully saturated rings. The predicted octanol–water partition coefficient (Wildman–Crippen LogP) is 2.06. The van der Waals surface area contributed by atoms with Crippen molar-refractivity contribution in [1.82, 2.24) is 19.3 Å². The van der Waals surface area contributed by atoms with Crippen molar-refractivity contribution in [3.8, 4) is 0 Å². The summed E-state index contributed by atoms with van der Waals surface area (Å²) in [6.07, 6.45) is 2.00. The molecule has 0 radical (unpaired) electrons. The Morgan fingerprint density at radius 3 is 2.85 bits per heavy atom. The molecule has 3 heterocycles. The monoisotopic (exact) mass is 412 g/mol. The first kappa shape index (κ1) is 20.0. The molecule has 2 aromatic heterocycles. The molecule has 8 nitrogen and oxygen atoms in total. The van der Waals surface area contributed by atoms with Gasteiger partial charge in [-0.15, -0.1) is 11.3 Å². The third-order valence-electron chi connectivity index (χ3n) is 4.62. The molecule has 0 aliphatic carbocycles. The summed E-state index contributed by atoms with van der Waals surface area (Å²) in [5.41, 5.74) is 0. The zero-order valence-corrected chi connectivity index (χ0v) is 17.3. The number of thiophene rings is 1. The fraction of sp³-hybridized carbons (Fsp3) is 0.588. The Labute approximate surface area is 163 Å². The molecule has 10 heteroatoms. The zero-order valence-electron chi connectivity index (χ0n) is 15.7. The zero-order chi connectivity index (χ0) is 19.6. The van der Waals surface area contributed by atoms with E-state index >= 15 is 0 Å². The Kier molecular flexibility index (Phi) is 5.97. The summed E-state index contributed by atoms with van der Waals surface area (Å²) in [7, 11) is -1.88. The van der Waals surface area contributed by atoms with Gasteiger partial charge in [0.05, 0.1) is 12.5 Å². The molecule has 148 valence electrons. The van der Waals surface area contributed by atoms with Crippen LogP contribution in [0.1, 0.15) is 36.4 Å². The van der Waals surface area contributed by atoms with Crippen LogP contribution in [0.2, 0.25) is 0 Å². The van der Waals surface area contributed by atoms with E-state index in [1.165, 1.54) is 20.5 Å². The number of aromatic nitrogens is 2. The molecule has 2 aromatic rings. The molecule has 0 spiro atoms. The van der Waals surface area contributed by atoms with Crippen molar-refractivity contribution in [2.24, 2.45) is 5.92 Å². The van der Waals surface area contributed by atoms with E-state index in [1.807, 2.05) is 13.8 Å². The van der Waals surface area contributed by atoms with E-state index in [-0.39, 0.29) is 24.9 Å². The number of piperidine rings is 1. The van der Waals surface area contributed by atoms with Crippen molar-refractivity contribution in [3.63, 3.8) is 0 Å². The number of hydrogen-bond donors (Lipinski definition) is 0. The largest absolute Gasteiger partial charge is 0.337 e. The van der Waals surface area contributed by atoms with Gasteiger partial charge in [0, 0.05) is 31.4 Å². The standard InChI is InChI=1S/C17H24N4O4S2/c1-4-14-18-15(25-19-14)11-20(3)17(22)13-6-5-9-21(10-13)27(23,24)16-8-7-12(2)26-16/h7-8,13H,4-6,9-11H2,1-3H3. The number of nitrogens with zero attached hydrogens (tertiary/aromatic N) is 4. The Morgan fingerprint density at radius 1 is 1.44 bits per heavy atom. The number of carbonyl (C=O) groups is 1. The molecule has 1 atom stereocenters. The van der Waals surface area contributed by atoms with E-state index in [1.54, 1.807) is 19.2 Å². The molecule has 0 aromatic carbocycles. The van der Waals surface area contributed by atoms with Gasteiger partial charge in [-0.05, 0) is 31.9 Å². The fourth-order valence-corrected chi connectivity index (χ4v) is 6.09. The van der Waals surface area contributed by atoms with Crippen molar-refractivity contribution in [2.75, 3.05) is 20.1 Å². The van der Waals surface area contributed by atoms with Crippen molar-refractivity contribution < 1.29 is 17.7 Å². The van der Waals surface area contributed by atoms with Gasteiger partial charge >= 0.3 is 0 Å². The fourth-order valence-electron chi connectivity index (χ4n) is 3.13. The summed E-state index contributed by atoms with van der Waals surface area (Å²) in [5.74, 6) is 0.519. The number of aryl methyl sites for hydroxylation is 2. The summed E-state index contributed by atoms with van der Waals surface area (Å²) >= 11 is 1.26. The van der Waals surface area contributed by atoms with E-state index in [0.29, 0.717) is 41.7 Å². The van der Waals surface area contributed by atoms with Gasteiger partial charge in [0.15, 0.2) is 5.82 Å². The first-order valence-corrected chi connectivity index (χ1v) is 11.2. The Bertz CT molecular complexity index is 906.